The number of aliphatic hydroxyl groups excluding tert-OH is 1. The molecular weight excluding hydrogens is 202 g/mol. The lowest BCUT2D eigenvalue weighted by molar-refractivity contribution is -0.129. The van der Waals surface area contributed by atoms with Crippen LogP contribution < -0.4 is 5.32 Å². The van der Waals surface area contributed by atoms with Gasteiger partial charge in [-0.05, 0) is 37.8 Å². The minimum Gasteiger partial charge on any atom is -0.378 e. The Kier molecular flexibility index (Phi) is 2.97. The molecular formula is C13H17NO2. The van der Waals surface area contributed by atoms with Gasteiger partial charge in [0.25, 0.3) is 5.91 Å². The Morgan fingerprint density at radius 1 is 1.44 bits per heavy atom. The summed E-state index contributed by atoms with van der Waals surface area (Å²) in [5.74, 6) is -0.283. The van der Waals surface area contributed by atoms with Crippen LogP contribution in [0.2, 0.25) is 0 Å². The number of amides is 1. The molecule has 0 radical (unpaired) electrons. The van der Waals surface area contributed by atoms with Crippen molar-refractivity contribution in [2.75, 3.05) is 0 Å². The van der Waals surface area contributed by atoms with Gasteiger partial charge in [-0.1, -0.05) is 23.8 Å². The molecule has 0 heterocycles. The minimum atomic E-state index is -1.04. The van der Waals surface area contributed by atoms with E-state index in [0.29, 0.717) is 5.56 Å². The molecule has 16 heavy (non-hydrogen) atoms. The summed E-state index contributed by atoms with van der Waals surface area (Å²) in [7, 11) is 0. The van der Waals surface area contributed by atoms with Gasteiger partial charge in [-0.25, -0.2) is 0 Å². The topological polar surface area (TPSA) is 49.3 Å². The predicted molar refractivity (Wildman–Crippen MR) is 62.0 cm³/mol. The Morgan fingerprint density at radius 2 is 2.12 bits per heavy atom. The second-order valence-corrected chi connectivity index (χ2v) is 4.55. The molecule has 0 spiro atoms. The molecule has 1 atom stereocenters. The molecule has 1 amide bonds. The molecule has 0 aliphatic heterocycles. The Bertz CT molecular complexity index is 410. The first-order valence-corrected chi connectivity index (χ1v) is 5.63. The predicted octanol–water partition coefficient (Wildman–Crippen LogP) is 1.62. The smallest absolute Gasteiger partial charge is 0.253 e. The maximum absolute atomic E-state index is 11.7. The van der Waals surface area contributed by atoms with Gasteiger partial charge in [0.15, 0.2) is 6.10 Å². The van der Waals surface area contributed by atoms with Crippen molar-refractivity contribution < 1.29 is 9.90 Å². The molecule has 1 fully saturated rings. The van der Waals surface area contributed by atoms with E-state index < -0.39 is 6.10 Å². The number of aryl methyl sites for hydroxylation is 2. The molecule has 0 aromatic heterocycles. The Balaban J connectivity index is 2.12. The molecule has 1 saturated carbocycles. The fourth-order valence-corrected chi connectivity index (χ4v) is 1.78. The molecule has 86 valence electrons. The minimum absolute atomic E-state index is 0.283. The molecule has 0 bridgehead atoms. The third-order valence-corrected chi connectivity index (χ3v) is 2.89. The Hall–Kier alpha value is -1.35. The molecule has 1 aromatic rings. The van der Waals surface area contributed by atoms with E-state index in [1.54, 1.807) is 0 Å². The van der Waals surface area contributed by atoms with Crippen LogP contribution >= 0.6 is 0 Å². The van der Waals surface area contributed by atoms with Crippen LogP contribution in [0.15, 0.2) is 18.2 Å². The number of nitrogens with one attached hydrogen (secondary N) is 1. The van der Waals surface area contributed by atoms with Crippen molar-refractivity contribution in [3.8, 4) is 0 Å². The lowest BCUT2D eigenvalue weighted by atomic mass is 10.0. The number of benzene rings is 1. The van der Waals surface area contributed by atoms with Gasteiger partial charge in [-0.2, -0.15) is 0 Å². The van der Waals surface area contributed by atoms with Crippen LogP contribution in [0.1, 0.15) is 35.6 Å². The van der Waals surface area contributed by atoms with Crippen molar-refractivity contribution in [2.24, 2.45) is 0 Å². The molecule has 2 N–H and O–H groups in total. The first-order valence-electron chi connectivity index (χ1n) is 5.63. The lowest BCUT2D eigenvalue weighted by Gasteiger charge is -2.14. The Morgan fingerprint density at radius 3 is 2.69 bits per heavy atom. The first kappa shape index (κ1) is 11.1. The number of hydrogen-bond acceptors (Lipinski definition) is 2. The van der Waals surface area contributed by atoms with Gasteiger partial charge in [-0.3, -0.25) is 4.79 Å². The van der Waals surface area contributed by atoms with Crippen molar-refractivity contribution in [2.45, 2.75) is 38.8 Å². The molecule has 1 unspecified atom stereocenters. The van der Waals surface area contributed by atoms with Crippen molar-refractivity contribution in [3.63, 3.8) is 0 Å². The highest BCUT2D eigenvalue weighted by molar-refractivity contribution is 5.82. The van der Waals surface area contributed by atoms with Crippen LogP contribution in [-0.4, -0.2) is 17.1 Å². The van der Waals surface area contributed by atoms with E-state index in [0.717, 1.165) is 24.0 Å². The van der Waals surface area contributed by atoms with Gasteiger partial charge in [0.05, 0.1) is 0 Å². The van der Waals surface area contributed by atoms with Gasteiger partial charge >= 0.3 is 0 Å². The number of carbonyl (C=O) groups excluding carboxylic acids is 1. The lowest BCUT2D eigenvalue weighted by Crippen LogP contribution is -2.31. The van der Waals surface area contributed by atoms with Crippen LogP contribution in [0.4, 0.5) is 0 Å². The van der Waals surface area contributed by atoms with Crippen LogP contribution in [0.25, 0.3) is 0 Å². The van der Waals surface area contributed by atoms with Crippen molar-refractivity contribution in [1.29, 1.82) is 0 Å². The maximum Gasteiger partial charge on any atom is 0.253 e. The zero-order valence-corrected chi connectivity index (χ0v) is 9.66. The molecule has 2 rings (SSSR count). The van der Waals surface area contributed by atoms with Crippen LogP contribution in [0.5, 0.6) is 0 Å². The van der Waals surface area contributed by atoms with Crippen molar-refractivity contribution in [3.05, 3.63) is 34.9 Å². The summed E-state index contributed by atoms with van der Waals surface area (Å²) in [6.07, 6.45) is 1.03. The average Bonchev–Trinajstić information content (AvgIpc) is 3.00. The van der Waals surface area contributed by atoms with Gasteiger partial charge < -0.3 is 10.4 Å². The second kappa shape index (κ2) is 4.26. The van der Waals surface area contributed by atoms with Crippen molar-refractivity contribution >= 4 is 5.91 Å². The maximum atomic E-state index is 11.7. The summed E-state index contributed by atoms with van der Waals surface area (Å²) < 4.78 is 0. The Labute approximate surface area is 95.5 Å². The van der Waals surface area contributed by atoms with E-state index >= 15 is 0 Å². The summed E-state index contributed by atoms with van der Waals surface area (Å²) in [6.45, 7) is 3.91. The van der Waals surface area contributed by atoms with Gasteiger partial charge in [0.1, 0.15) is 0 Å². The second-order valence-electron chi connectivity index (χ2n) is 4.55. The molecule has 3 heteroatoms. The summed E-state index contributed by atoms with van der Waals surface area (Å²) in [5, 5.41) is 12.7. The zero-order valence-electron chi connectivity index (χ0n) is 9.66. The normalized spacial score (nSPS) is 16.9. The summed E-state index contributed by atoms with van der Waals surface area (Å²) in [5.41, 5.74) is 2.79. The largest absolute Gasteiger partial charge is 0.378 e. The molecule has 1 aromatic carbocycles. The molecule has 0 saturated heterocycles. The van der Waals surface area contributed by atoms with Crippen LogP contribution in [0, 0.1) is 13.8 Å². The van der Waals surface area contributed by atoms with Gasteiger partial charge in [0, 0.05) is 6.04 Å². The monoisotopic (exact) mass is 219 g/mol. The first-order chi connectivity index (χ1) is 7.58. The van der Waals surface area contributed by atoms with Gasteiger partial charge in [-0.15, -0.1) is 0 Å². The quantitative estimate of drug-likeness (QED) is 0.811. The summed E-state index contributed by atoms with van der Waals surface area (Å²) in [6, 6.07) is 5.99. The third-order valence-electron chi connectivity index (χ3n) is 2.89. The van der Waals surface area contributed by atoms with E-state index in [4.69, 9.17) is 0 Å². The van der Waals surface area contributed by atoms with E-state index in [2.05, 4.69) is 5.32 Å². The van der Waals surface area contributed by atoms with Gasteiger partial charge in [0.2, 0.25) is 0 Å². The highest BCUT2D eigenvalue weighted by Crippen LogP contribution is 2.23. The number of rotatable bonds is 3. The van der Waals surface area contributed by atoms with E-state index in [9.17, 15) is 9.90 Å². The number of aliphatic hydroxyl groups is 1. The average molecular weight is 219 g/mol. The molecule has 1 aliphatic rings. The van der Waals surface area contributed by atoms with E-state index in [1.165, 1.54) is 0 Å². The zero-order chi connectivity index (χ0) is 11.7. The number of carbonyl (C=O) groups is 1. The van der Waals surface area contributed by atoms with Crippen LogP contribution in [-0.2, 0) is 4.79 Å². The summed E-state index contributed by atoms with van der Waals surface area (Å²) >= 11 is 0. The number of hydrogen-bond donors (Lipinski definition) is 2. The fourth-order valence-electron chi connectivity index (χ4n) is 1.78. The fraction of sp³-hybridized carbons (Fsp3) is 0.462. The molecule has 1 aliphatic carbocycles. The highest BCUT2D eigenvalue weighted by atomic mass is 16.3. The third kappa shape index (κ3) is 2.42. The van der Waals surface area contributed by atoms with E-state index in [1.807, 2.05) is 32.0 Å². The SMILES string of the molecule is Cc1ccc(C(O)C(=O)NC2CC2)c(C)c1. The van der Waals surface area contributed by atoms with Crippen molar-refractivity contribution in [1.82, 2.24) is 5.32 Å². The summed E-state index contributed by atoms with van der Waals surface area (Å²) in [4.78, 5) is 11.7. The standard InChI is InChI=1S/C13H17NO2/c1-8-3-6-11(9(2)7-8)12(15)13(16)14-10-4-5-10/h3,6-7,10,12,15H,4-5H2,1-2H3,(H,14,16). The molecule has 3 nitrogen and oxygen atoms in total. The van der Waals surface area contributed by atoms with Crippen LogP contribution in [0.3, 0.4) is 0 Å². The van der Waals surface area contributed by atoms with E-state index in [-0.39, 0.29) is 11.9 Å². The highest BCUT2D eigenvalue weighted by Gasteiger charge is 2.27.